The highest BCUT2D eigenvalue weighted by Crippen LogP contribution is 2.39. The summed E-state index contributed by atoms with van der Waals surface area (Å²) in [4.78, 5) is 24.7. The topological polar surface area (TPSA) is 67.3 Å². The first kappa shape index (κ1) is 19.1. The number of nitrogens with one attached hydrogen (secondary N) is 1. The van der Waals surface area contributed by atoms with Gasteiger partial charge in [-0.15, -0.1) is 11.3 Å². The average molecular weight is 399 g/mol. The molecule has 1 aromatic carbocycles. The van der Waals surface area contributed by atoms with Crippen LogP contribution in [0.2, 0.25) is 0 Å². The van der Waals surface area contributed by atoms with E-state index in [1.165, 1.54) is 12.8 Å². The summed E-state index contributed by atoms with van der Waals surface area (Å²) in [6.07, 6.45) is 6.19. The van der Waals surface area contributed by atoms with E-state index in [1.54, 1.807) is 17.7 Å². The van der Waals surface area contributed by atoms with Crippen molar-refractivity contribution < 1.29 is 9.53 Å². The van der Waals surface area contributed by atoms with E-state index in [4.69, 9.17) is 4.74 Å². The summed E-state index contributed by atoms with van der Waals surface area (Å²) < 4.78 is 6.31. The Balaban J connectivity index is 1.71. The van der Waals surface area contributed by atoms with Crippen LogP contribution in [0, 0.1) is 0 Å². The first-order chi connectivity index (χ1) is 13.6. The highest BCUT2D eigenvalue weighted by Gasteiger charge is 2.24. The van der Waals surface area contributed by atoms with Crippen molar-refractivity contribution in [2.24, 2.45) is 0 Å². The molecule has 1 saturated carbocycles. The number of benzene rings is 1. The number of fused-ring (bicyclic) bond motifs is 3. The molecule has 3 aromatic rings. The summed E-state index contributed by atoms with van der Waals surface area (Å²) >= 11 is 1.59. The lowest BCUT2D eigenvalue weighted by Crippen LogP contribution is -2.36. The molecule has 0 atom stereocenters. The minimum Gasteiger partial charge on any atom is -0.462 e. The second kappa shape index (κ2) is 8.01. The fraction of sp³-hybridized carbons (Fsp3) is 0.476. The van der Waals surface area contributed by atoms with Crippen LogP contribution in [-0.4, -0.2) is 53.6 Å². The molecule has 1 fully saturated rings. The average Bonchev–Trinajstić information content (AvgIpc) is 3.08. The highest BCUT2D eigenvalue weighted by molar-refractivity contribution is 7.25. The lowest BCUT2D eigenvalue weighted by atomic mass is 9.90. The van der Waals surface area contributed by atoms with E-state index in [0.29, 0.717) is 24.3 Å². The third-order valence-electron chi connectivity index (χ3n) is 5.56. The SMILES string of the molecule is CCOC(=O)c1cccc2sc3ncnc(NC4CCC(N(C)C)CC4)c3c12. The number of ether oxygens (including phenoxy) is 1. The molecule has 0 radical (unpaired) electrons. The maximum Gasteiger partial charge on any atom is 0.338 e. The second-order valence-electron chi connectivity index (χ2n) is 7.52. The van der Waals surface area contributed by atoms with Crippen molar-refractivity contribution in [3.8, 4) is 0 Å². The molecule has 1 N–H and O–H groups in total. The van der Waals surface area contributed by atoms with Crippen molar-refractivity contribution in [3.05, 3.63) is 30.1 Å². The minimum absolute atomic E-state index is 0.297. The van der Waals surface area contributed by atoms with Gasteiger partial charge in [0.15, 0.2) is 0 Å². The Hall–Kier alpha value is -2.25. The molecule has 148 valence electrons. The number of hydrogen-bond donors (Lipinski definition) is 1. The normalized spacial score (nSPS) is 20.0. The molecule has 4 rings (SSSR count). The van der Waals surface area contributed by atoms with E-state index in [-0.39, 0.29) is 5.97 Å². The van der Waals surface area contributed by atoms with E-state index in [9.17, 15) is 4.79 Å². The first-order valence-electron chi connectivity index (χ1n) is 9.84. The monoisotopic (exact) mass is 398 g/mol. The van der Waals surface area contributed by atoms with Crippen LogP contribution in [0.15, 0.2) is 24.5 Å². The molecule has 0 unspecified atom stereocenters. The van der Waals surface area contributed by atoms with Gasteiger partial charge in [0.25, 0.3) is 0 Å². The van der Waals surface area contributed by atoms with Crippen molar-refractivity contribution >= 4 is 43.4 Å². The zero-order chi connectivity index (χ0) is 19.7. The molecule has 2 heterocycles. The number of carbonyl (C=O) groups is 1. The molecule has 0 saturated heterocycles. The molecular formula is C21H26N4O2S. The Morgan fingerprint density at radius 2 is 2.00 bits per heavy atom. The van der Waals surface area contributed by atoms with Crippen molar-refractivity contribution in [1.29, 1.82) is 0 Å². The number of hydrogen-bond acceptors (Lipinski definition) is 7. The molecular weight excluding hydrogens is 372 g/mol. The Labute approximate surface area is 168 Å². The molecule has 0 aliphatic heterocycles. The fourth-order valence-corrected chi connectivity index (χ4v) is 5.14. The van der Waals surface area contributed by atoms with Crippen molar-refractivity contribution in [1.82, 2.24) is 14.9 Å². The molecule has 6 nitrogen and oxygen atoms in total. The second-order valence-corrected chi connectivity index (χ2v) is 8.55. The lowest BCUT2D eigenvalue weighted by molar-refractivity contribution is 0.0529. The van der Waals surface area contributed by atoms with Crippen LogP contribution < -0.4 is 5.32 Å². The predicted octanol–water partition coefficient (Wildman–Crippen LogP) is 4.31. The van der Waals surface area contributed by atoms with E-state index in [1.807, 2.05) is 25.1 Å². The zero-order valence-corrected chi connectivity index (χ0v) is 17.4. The first-order valence-corrected chi connectivity index (χ1v) is 10.7. The maximum absolute atomic E-state index is 12.5. The lowest BCUT2D eigenvalue weighted by Gasteiger charge is -2.33. The Morgan fingerprint density at radius 3 is 2.71 bits per heavy atom. The van der Waals surface area contributed by atoms with Gasteiger partial charge in [0.2, 0.25) is 0 Å². The van der Waals surface area contributed by atoms with Gasteiger partial charge in [-0.05, 0) is 58.8 Å². The number of anilines is 1. The summed E-state index contributed by atoms with van der Waals surface area (Å²) in [6, 6.07) is 6.79. The summed E-state index contributed by atoms with van der Waals surface area (Å²) in [7, 11) is 4.31. The predicted molar refractivity (Wildman–Crippen MR) is 114 cm³/mol. The standard InChI is InChI=1S/C21H26N4O2S/c1-4-27-21(26)15-6-5-7-16-17(15)18-19(22-12-23-20(18)28-16)24-13-8-10-14(11-9-13)25(2)3/h5-7,12-14H,4,8-11H2,1-3H3,(H,22,23,24). The number of carbonyl (C=O) groups excluding carboxylic acids is 1. The van der Waals surface area contributed by atoms with E-state index in [2.05, 4.69) is 34.3 Å². The van der Waals surface area contributed by atoms with Crippen molar-refractivity contribution in [2.45, 2.75) is 44.7 Å². The van der Waals surface area contributed by atoms with Crippen LogP contribution in [-0.2, 0) is 4.74 Å². The van der Waals surface area contributed by atoms with Crippen LogP contribution in [0.3, 0.4) is 0 Å². The molecule has 28 heavy (non-hydrogen) atoms. The quantitative estimate of drug-likeness (QED) is 0.646. The Kier molecular flexibility index (Phi) is 5.46. The molecule has 2 aromatic heterocycles. The number of thiophene rings is 1. The smallest absolute Gasteiger partial charge is 0.338 e. The third kappa shape index (κ3) is 3.56. The fourth-order valence-electron chi connectivity index (χ4n) is 4.07. The van der Waals surface area contributed by atoms with Gasteiger partial charge in [-0.2, -0.15) is 0 Å². The molecule has 7 heteroatoms. The summed E-state index contributed by atoms with van der Waals surface area (Å²) in [5.74, 6) is 0.524. The summed E-state index contributed by atoms with van der Waals surface area (Å²) in [5, 5.41) is 5.47. The number of rotatable bonds is 5. The number of aromatic nitrogens is 2. The highest BCUT2D eigenvalue weighted by atomic mass is 32.1. The van der Waals surface area contributed by atoms with Gasteiger partial charge in [0, 0.05) is 22.2 Å². The third-order valence-corrected chi connectivity index (χ3v) is 6.62. The minimum atomic E-state index is -0.297. The number of nitrogens with zero attached hydrogens (tertiary/aromatic N) is 3. The Bertz CT molecular complexity index is 993. The Morgan fingerprint density at radius 1 is 1.21 bits per heavy atom. The van der Waals surface area contributed by atoms with Gasteiger partial charge in [0.1, 0.15) is 17.0 Å². The van der Waals surface area contributed by atoms with Crippen LogP contribution in [0.1, 0.15) is 43.0 Å². The van der Waals surface area contributed by atoms with Crippen LogP contribution in [0.25, 0.3) is 20.3 Å². The van der Waals surface area contributed by atoms with E-state index >= 15 is 0 Å². The number of esters is 1. The van der Waals surface area contributed by atoms with Gasteiger partial charge in [-0.1, -0.05) is 6.07 Å². The molecule has 1 aliphatic carbocycles. The molecule has 0 bridgehead atoms. The summed E-state index contributed by atoms with van der Waals surface area (Å²) in [6.45, 7) is 2.18. The maximum atomic E-state index is 12.5. The molecule has 1 aliphatic rings. The van der Waals surface area contributed by atoms with Gasteiger partial charge in [-0.25, -0.2) is 14.8 Å². The largest absolute Gasteiger partial charge is 0.462 e. The van der Waals surface area contributed by atoms with Crippen LogP contribution in [0.5, 0.6) is 0 Å². The summed E-state index contributed by atoms with van der Waals surface area (Å²) in [5.41, 5.74) is 0.583. The van der Waals surface area contributed by atoms with Gasteiger partial charge >= 0.3 is 5.97 Å². The zero-order valence-electron chi connectivity index (χ0n) is 16.6. The van der Waals surface area contributed by atoms with Crippen LogP contribution >= 0.6 is 11.3 Å². The van der Waals surface area contributed by atoms with E-state index in [0.717, 1.165) is 39.0 Å². The van der Waals surface area contributed by atoms with Gasteiger partial charge < -0.3 is 15.0 Å². The van der Waals surface area contributed by atoms with Gasteiger partial charge in [0.05, 0.1) is 17.6 Å². The van der Waals surface area contributed by atoms with Gasteiger partial charge in [-0.3, -0.25) is 0 Å². The van der Waals surface area contributed by atoms with E-state index < -0.39 is 0 Å². The molecule has 0 spiro atoms. The van der Waals surface area contributed by atoms with Crippen LogP contribution in [0.4, 0.5) is 5.82 Å². The molecule has 0 amide bonds. The van der Waals surface area contributed by atoms with Crippen molar-refractivity contribution in [3.63, 3.8) is 0 Å². The van der Waals surface area contributed by atoms with Crippen molar-refractivity contribution in [2.75, 3.05) is 26.0 Å².